The van der Waals surface area contributed by atoms with E-state index in [-0.39, 0.29) is 17.7 Å². The number of ether oxygens (including phenoxy) is 1. The number of hydrogen-bond acceptors (Lipinski definition) is 7. The van der Waals surface area contributed by atoms with Crippen LogP contribution in [-0.4, -0.2) is 28.2 Å². The third-order valence-electron chi connectivity index (χ3n) is 7.17. The first-order valence-corrected chi connectivity index (χ1v) is 14.1. The molecule has 1 atom stereocenters. The average molecular weight is 571 g/mol. The van der Waals surface area contributed by atoms with Gasteiger partial charge in [-0.1, -0.05) is 61.6 Å². The van der Waals surface area contributed by atoms with Crippen molar-refractivity contribution >= 4 is 29.4 Å². The Morgan fingerprint density at radius 1 is 1.12 bits per heavy atom. The van der Waals surface area contributed by atoms with Gasteiger partial charge in [-0.3, -0.25) is 9.36 Å². The SMILES string of the molecule is CCOC(=O)C1=C(C)N=c2s/c(=C\c3ccc(-c4cccc(C(=O)O)c4C)o3)c(=O)n2[C@@H]1c1ccc(C(C)C)cc1. The van der Waals surface area contributed by atoms with Crippen LogP contribution in [0.1, 0.15) is 72.5 Å². The van der Waals surface area contributed by atoms with Crippen molar-refractivity contribution in [2.75, 3.05) is 6.61 Å². The minimum absolute atomic E-state index is 0.197. The number of nitrogens with zero attached hydrogens (tertiary/aromatic N) is 2. The molecular weight excluding hydrogens is 540 g/mol. The molecule has 4 aromatic rings. The maximum atomic E-state index is 13.9. The van der Waals surface area contributed by atoms with E-state index in [2.05, 4.69) is 18.8 Å². The number of thiazole rings is 1. The van der Waals surface area contributed by atoms with Gasteiger partial charge in [0.1, 0.15) is 11.5 Å². The molecule has 0 aliphatic carbocycles. The lowest BCUT2D eigenvalue weighted by Crippen LogP contribution is -2.39. The molecule has 3 heterocycles. The van der Waals surface area contributed by atoms with E-state index >= 15 is 0 Å². The third kappa shape index (κ3) is 5.20. The van der Waals surface area contributed by atoms with Crippen LogP contribution in [0.3, 0.4) is 0 Å². The molecule has 0 bridgehead atoms. The Labute approximate surface area is 240 Å². The highest BCUT2D eigenvalue weighted by Gasteiger charge is 2.33. The zero-order valence-corrected chi connectivity index (χ0v) is 24.2. The molecular formula is C32H30N2O6S. The molecule has 0 amide bonds. The van der Waals surface area contributed by atoms with E-state index in [0.717, 1.165) is 11.1 Å². The van der Waals surface area contributed by atoms with Crippen molar-refractivity contribution in [1.82, 2.24) is 4.57 Å². The van der Waals surface area contributed by atoms with E-state index in [0.29, 0.717) is 49.2 Å². The molecule has 0 saturated carbocycles. The zero-order chi connectivity index (χ0) is 29.4. The summed E-state index contributed by atoms with van der Waals surface area (Å²) in [7, 11) is 0. The summed E-state index contributed by atoms with van der Waals surface area (Å²) in [5.41, 5.74) is 3.91. The number of aromatic nitrogens is 1. The number of carbonyl (C=O) groups is 2. The second-order valence-electron chi connectivity index (χ2n) is 10.1. The molecule has 5 rings (SSSR count). The second kappa shape index (κ2) is 11.2. The monoisotopic (exact) mass is 570 g/mol. The van der Waals surface area contributed by atoms with E-state index in [9.17, 15) is 19.5 Å². The highest BCUT2D eigenvalue weighted by molar-refractivity contribution is 7.07. The normalized spacial score (nSPS) is 15.2. The Balaban J connectivity index is 1.62. The van der Waals surface area contributed by atoms with Gasteiger partial charge in [0.15, 0.2) is 4.80 Å². The van der Waals surface area contributed by atoms with Gasteiger partial charge < -0.3 is 14.3 Å². The number of carboxylic acids is 1. The summed E-state index contributed by atoms with van der Waals surface area (Å²) in [4.78, 5) is 43.6. The van der Waals surface area contributed by atoms with Gasteiger partial charge in [0.05, 0.1) is 34.0 Å². The van der Waals surface area contributed by atoms with Crippen molar-refractivity contribution in [2.45, 2.75) is 46.6 Å². The minimum Gasteiger partial charge on any atom is -0.478 e. The summed E-state index contributed by atoms with van der Waals surface area (Å²) < 4.78 is 13.3. The Kier molecular flexibility index (Phi) is 7.64. The Morgan fingerprint density at radius 2 is 1.85 bits per heavy atom. The zero-order valence-electron chi connectivity index (χ0n) is 23.4. The smallest absolute Gasteiger partial charge is 0.338 e. The van der Waals surface area contributed by atoms with Gasteiger partial charge in [-0.2, -0.15) is 0 Å². The fourth-order valence-electron chi connectivity index (χ4n) is 5.01. The van der Waals surface area contributed by atoms with Gasteiger partial charge in [0.2, 0.25) is 0 Å². The van der Waals surface area contributed by atoms with Crippen molar-refractivity contribution in [3.8, 4) is 11.3 Å². The lowest BCUT2D eigenvalue weighted by molar-refractivity contribution is -0.139. The summed E-state index contributed by atoms with van der Waals surface area (Å²) in [5, 5.41) is 9.48. The molecule has 0 spiro atoms. The van der Waals surface area contributed by atoms with E-state index < -0.39 is 18.0 Å². The molecule has 0 fully saturated rings. The van der Waals surface area contributed by atoms with Gasteiger partial charge in [0, 0.05) is 11.6 Å². The number of allylic oxidation sites excluding steroid dienone is 1. The van der Waals surface area contributed by atoms with Crippen molar-refractivity contribution < 1.29 is 23.8 Å². The number of furan rings is 1. The van der Waals surface area contributed by atoms with Gasteiger partial charge >= 0.3 is 11.9 Å². The van der Waals surface area contributed by atoms with Crippen molar-refractivity contribution in [2.24, 2.45) is 4.99 Å². The van der Waals surface area contributed by atoms with E-state index in [4.69, 9.17) is 9.15 Å². The number of carboxylic acid groups (broad SMARTS) is 1. The highest BCUT2D eigenvalue weighted by Crippen LogP contribution is 2.32. The predicted octanol–water partition coefficient (Wildman–Crippen LogP) is 5.19. The fourth-order valence-corrected chi connectivity index (χ4v) is 6.04. The van der Waals surface area contributed by atoms with Gasteiger partial charge in [-0.25, -0.2) is 14.6 Å². The minimum atomic E-state index is -1.01. The summed E-state index contributed by atoms with van der Waals surface area (Å²) in [6.07, 6.45) is 1.64. The van der Waals surface area contributed by atoms with Crippen LogP contribution < -0.4 is 14.9 Å². The van der Waals surface area contributed by atoms with E-state index in [1.54, 1.807) is 61.7 Å². The number of esters is 1. The first kappa shape index (κ1) is 28.0. The molecule has 1 aliphatic heterocycles. The number of rotatable bonds is 7. The highest BCUT2D eigenvalue weighted by atomic mass is 32.1. The first-order chi connectivity index (χ1) is 19.6. The third-order valence-corrected chi connectivity index (χ3v) is 8.15. The largest absolute Gasteiger partial charge is 0.478 e. The number of hydrogen-bond donors (Lipinski definition) is 1. The molecule has 41 heavy (non-hydrogen) atoms. The summed E-state index contributed by atoms with van der Waals surface area (Å²) >= 11 is 1.21. The predicted molar refractivity (Wildman–Crippen MR) is 157 cm³/mol. The Morgan fingerprint density at radius 3 is 2.51 bits per heavy atom. The van der Waals surface area contributed by atoms with Gasteiger partial charge in [-0.15, -0.1) is 0 Å². The van der Waals surface area contributed by atoms with Gasteiger partial charge in [0.25, 0.3) is 5.56 Å². The second-order valence-corrected chi connectivity index (χ2v) is 11.1. The van der Waals surface area contributed by atoms with Crippen LogP contribution in [0.5, 0.6) is 0 Å². The number of benzene rings is 2. The lowest BCUT2D eigenvalue weighted by atomic mass is 9.93. The molecule has 0 radical (unpaired) electrons. The molecule has 9 heteroatoms. The molecule has 210 valence electrons. The van der Waals surface area contributed by atoms with Crippen molar-refractivity contribution in [1.29, 1.82) is 0 Å². The Hall–Kier alpha value is -4.50. The standard InChI is InChI=1S/C32H30N2O6S/c1-6-39-31(38)27-19(5)33-32-34(28(27)21-12-10-20(11-13-21)17(2)3)29(35)26(41-32)16-22-14-15-25(40-22)23-8-7-9-24(18(23)4)30(36)37/h7-17,28H,6H2,1-5H3,(H,36,37)/b26-16-/t28-/m1/s1. The van der Waals surface area contributed by atoms with Crippen LogP contribution >= 0.6 is 11.3 Å². The summed E-state index contributed by atoms with van der Waals surface area (Å²) in [6, 6.07) is 15.7. The molecule has 8 nitrogen and oxygen atoms in total. The maximum absolute atomic E-state index is 13.9. The molecule has 1 aliphatic rings. The van der Waals surface area contributed by atoms with Crippen LogP contribution in [0.25, 0.3) is 17.4 Å². The summed E-state index contributed by atoms with van der Waals surface area (Å²) in [6.45, 7) is 9.65. The molecule has 0 unspecified atom stereocenters. The fraction of sp³-hybridized carbons (Fsp3) is 0.250. The van der Waals surface area contributed by atoms with Crippen LogP contribution in [0.2, 0.25) is 0 Å². The number of carbonyl (C=O) groups excluding carboxylic acids is 1. The van der Waals surface area contributed by atoms with Crippen LogP contribution in [0, 0.1) is 6.92 Å². The van der Waals surface area contributed by atoms with Crippen molar-refractivity contribution in [3.63, 3.8) is 0 Å². The molecule has 1 N–H and O–H groups in total. The van der Waals surface area contributed by atoms with Gasteiger partial charge in [-0.05, 0) is 61.6 Å². The van der Waals surface area contributed by atoms with Crippen LogP contribution in [0.4, 0.5) is 0 Å². The Bertz CT molecular complexity index is 1870. The van der Waals surface area contributed by atoms with Crippen LogP contribution in [0.15, 0.2) is 80.1 Å². The molecule has 0 saturated heterocycles. The summed E-state index contributed by atoms with van der Waals surface area (Å²) in [5.74, 6) is -0.252. The lowest BCUT2D eigenvalue weighted by Gasteiger charge is -2.25. The van der Waals surface area contributed by atoms with Crippen molar-refractivity contribution in [3.05, 3.63) is 114 Å². The van der Waals surface area contributed by atoms with Crippen LogP contribution in [-0.2, 0) is 9.53 Å². The number of fused-ring (bicyclic) bond motifs is 1. The maximum Gasteiger partial charge on any atom is 0.338 e. The molecule has 2 aromatic heterocycles. The molecule has 2 aromatic carbocycles. The quantitative estimate of drug-likeness (QED) is 0.306. The average Bonchev–Trinajstić information content (AvgIpc) is 3.52. The number of aromatic carboxylic acids is 1. The first-order valence-electron chi connectivity index (χ1n) is 13.3. The van der Waals surface area contributed by atoms with E-state index in [1.807, 2.05) is 24.3 Å². The van der Waals surface area contributed by atoms with E-state index in [1.165, 1.54) is 11.3 Å². The topological polar surface area (TPSA) is 111 Å².